The average Bonchev–Trinajstić information content (AvgIpc) is 2.72. The number of aliphatic hydroxyl groups is 1. The Balaban J connectivity index is 5.37. The highest BCUT2D eigenvalue weighted by Gasteiger charge is 2.32. The van der Waals surface area contributed by atoms with Crippen LogP contribution in [-0.4, -0.2) is 82.7 Å². The van der Waals surface area contributed by atoms with Crippen LogP contribution in [0.4, 0.5) is 0 Å². The van der Waals surface area contributed by atoms with Crippen molar-refractivity contribution in [3.05, 3.63) is 0 Å². The molecule has 0 heterocycles. The summed E-state index contributed by atoms with van der Waals surface area (Å²) in [6.07, 6.45) is 2.59. The number of hydrogen-bond acceptors (Lipinski definition) is 8. The number of carboxylic acids is 1. The summed E-state index contributed by atoms with van der Waals surface area (Å²) >= 11 is 1.43. The van der Waals surface area contributed by atoms with Crippen molar-refractivity contribution in [2.24, 2.45) is 17.4 Å². The smallest absolute Gasteiger partial charge is 0.326 e. The van der Waals surface area contributed by atoms with Crippen molar-refractivity contribution >= 4 is 35.5 Å². The lowest BCUT2D eigenvalue weighted by Gasteiger charge is -2.26. The largest absolute Gasteiger partial charge is 0.480 e. The molecule has 9 N–H and O–H groups in total. The van der Waals surface area contributed by atoms with Crippen molar-refractivity contribution in [2.45, 2.75) is 83.1 Å². The molecule has 5 unspecified atom stereocenters. The number of nitrogens with two attached hydrogens (primary N) is 2. The quantitative estimate of drug-likeness (QED) is 0.127. The molecule has 0 radical (unpaired) electrons. The van der Waals surface area contributed by atoms with Gasteiger partial charge in [0.15, 0.2) is 0 Å². The predicted molar refractivity (Wildman–Crippen MR) is 128 cm³/mol. The van der Waals surface area contributed by atoms with Crippen LogP contribution >= 0.6 is 11.8 Å². The Morgan fingerprint density at radius 2 is 1.52 bits per heavy atom. The molecule has 3 amide bonds. The Labute approximate surface area is 200 Å². The number of carbonyl (C=O) groups excluding carboxylic acids is 3. The third-order valence-corrected chi connectivity index (χ3v) is 5.57. The predicted octanol–water partition coefficient (Wildman–Crippen LogP) is -0.838. The van der Waals surface area contributed by atoms with Gasteiger partial charge in [0, 0.05) is 0 Å². The van der Waals surface area contributed by atoms with Gasteiger partial charge >= 0.3 is 5.97 Å². The fourth-order valence-electron chi connectivity index (χ4n) is 3.07. The van der Waals surface area contributed by atoms with Gasteiger partial charge in [-0.1, -0.05) is 13.8 Å². The molecular weight excluding hydrogens is 450 g/mol. The lowest BCUT2D eigenvalue weighted by Crippen LogP contribution is -2.59. The van der Waals surface area contributed by atoms with Crippen LogP contribution < -0.4 is 27.4 Å². The molecule has 0 aliphatic heterocycles. The van der Waals surface area contributed by atoms with Gasteiger partial charge in [0.05, 0.1) is 12.1 Å². The van der Waals surface area contributed by atoms with Crippen LogP contribution in [0, 0.1) is 5.92 Å². The maximum atomic E-state index is 12.9. The first-order valence-corrected chi connectivity index (χ1v) is 12.6. The molecule has 0 rings (SSSR count). The fraction of sp³-hybridized carbons (Fsp3) is 0.810. The zero-order valence-corrected chi connectivity index (χ0v) is 20.8. The van der Waals surface area contributed by atoms with Gasteiger partial charge < -0.3 is 37.6 Å². The van der Waals surface area contributed by atoms with E-state index in [9.17, 15) is 29.4 Å². The number of carbonyl (C=O) groups is 4. The number of hydrogen-bond donors (Lipinski definition) is 7. The molecule has 192 valence electrons. The molecule has 5 atom stereocenters. The molecule has 0 saturated carbocycles. The third kappa shape index (κ3) is 12.8. The summed E-state index contributed by atoms with van der Waals surface area (Å²) in [4.78, 5) is 49.5. The van der Waals surface area contributed by atoms with E-state index >= 15 is 0 Å². The summed E-state index contributed by atoms with van der Waals surface area (Å²) in [6.45, 7) is 5.57. The Kier molecular flexibility index (Phi) is 15.7. The number of aliphatic carboxylic acids is 1. The van der Waals surface area contributed by atoms with Crippen LogP contribution in [0.2, 0.25) is 0 Å². The monoisotopic (exact) mass is 491 g/mol. The summed E-state index contributed by atoms with van der Waals surface area (Å²) in [5.41, 5.74) is 11.4. The van der Waals surface area contributed by atoms with Gasteiger partial charge in [0.2, 0.25) is 17.7 Å². The second-order valence-electron chi connectivity index (χ2n) is 8.49. The zero-order chi connectivity index (χ0) is 25.6. The van der Waals surface area contributed by atoms with Gasteiger partial charge in [-0.3, -0.25) is 14.4 Å². The number of aliphatic hydroxyl groups excluding tert-OH is 1. The van der Waals surface area contributed by atoms with E-state index in [4.69, 9.17) is 11.5 Å². The van der Waals surface area contributed by atoms with Crippen LogP contribution in [0.1, 0.15) is 52.9 Å². The van der Waals surface area contributed by atoms with E-state index in [0.717, 1.165) is 0 Å². The standard InChI is InChI=1S/C21H41N5O6S/c1-12(2)11-14(23)18(28)24-15(7-5-6-9-22)19(29)26-17(13(3)27)20(30)25-16(21(31)32)8-10-33-4/h12-17,27H,5-11,22-23H2,1-4H3,(H,24,28)(H,25,30)(H,26,29)(H,31,32). The van der Waals surface area contributed by atoms with Crippen molar-refractivity contribution in [1.29, 1.82) is 0 Å². The minimum Gasteiger partial charge on any atom is -0.480 e. The normalized spacial score (nSPS) is 15.8. The third-order valence-electron chi connectivity index (χ3n) is 4.93. The van der Waals surface area contributed by atoms with Gasteiger partial charge in [-0.2, -0.15) is 11.8 Å². The molecule has 0 aliphatic carbocycles. The van der Waals surface area contributed by atoms with E-state index < -0.39 is 54.0 Å². The fourth-order valence-corrected chi connectivity index (χ4v) is 3.54. The molecule has 0 bridgehead atoms. The van der Waals surface area contributed by atoms with Crippen molar-refractivity contribution in [3.8, 4) is 0 Å². The summed E-state index contributed by atoms with van der Waals surface area (Å²) < 4.78 is 0. The van der Waals surface area contributed by atoms with E-state index in [2.05, 4.69) is 16.0 Å². The van der Waals surface area contributed by atoms with Crippen molar-refractivity contribution in [2.75, 3.05) is 18.6 Å². The maximum absolute atomic E-state index is 12.9. The van der Waals surface area contributed by atoms with Crippen LogP contribution in [-0.2, 0) is 19.2 Å². The molecule has 0 aliphatic rings. The van der Waals surface area contributed by atoms with Gasteiger partial charge in [-0.25, -0.2) is 4.79 Å². The number of unbranched alkanes of at least 4 members (excludes halogenated alkanes) is 1. The highest BCUT2D eigenvalue weighted by Crippen LogP contribution is 2.07. The minimum absolute atomic E-state index is 0.187. The van der Waals surface area contributed by atoms with Crippen molar-refractivity contribution in [3.63, 3.8) is 0 Å². The van der Waals surface area contributed by atoms with Gasteiger partial charge in [0.1, 0.15) is 18.1 Å². The Morgan fingerprint density at radius 1 is 0.909 bits per heavy atom. The molecule has 11 nitrogen and oxygen atoms in total. The second kappa shape index (κ2) is 16.7. The molecule has 0 aromatic rings. The first kappa shape index (κ1) is 31.1. The van der Waals surface area contributed by atoms with E-state index in [0.29, 0.717) is 31.6 Å². The molecule has 0 fully saturated rings. The molecular formula is C21H41N5O6S. The molecule has 0 spiro atoms. The lowest BCUT2D eigenvalue weighted by atomic mass is 10.0. The molecule has 12 heteroatoms. The summed E-state index contributed by atoms with van der Waals surface area (Å²) in [5.74, 6) is -2.50. The van der Waals surface area contributed by atoms with Gasteiger partial charge in [-0.15, -0.1) is 0 Å². The summed E-state index contributed by atoms with van der Waals surface area (Å²) in [6, 6.07) is -4.33. The van der Waals surface area contributed by atoms with Crippen LogP contribution in [0.15, 0.2) is 0 Å². The average molecular weight is 492 g/mol. The summed E-state index contributed by atoms with van der Waals surface area (Å²) in [5, 5.41) is 26.8. The molecule has 0 aromatic carbocycles. The van der Waals surface area contributed by atoms with E-state index in [1.54, 1.807) is 0 Å². The lowest BCUT2D eigenvalue weighted by molar-refractivity contribution is -0.143. The van der Waals surface area contributed by atoms with E-state index in [1.807, 2.05) is 20.1 Å². The molecule has 0 aromatic heterocycles. The van der Waals surface area contributed by atoms with Crippen LogP contribution in [0.5, 0.6) is 0 Å². The van der Waals surface area contributed by atoms with Gasteiger partial charge in [-0.05, 0) is 63.5 Å². The topological polar surface area (TPSA) is 197 Å². The second-order valence-corrected chi connectivity index (χ2v) is 9.48. The van der Waals surface area contributed by atoms with Crippen molar-refractivity contribution < 1.29 is 29.4 Å². The minimum atomic E-state index is -1.40. The van der Waals surface area contributed by atoms with Crippen LogP contribution in [0.25, 0.3) is 0 Å². The number of carboxylic acid groups (broad SMARTS) is 1. The van der Waals surface area contributed by atoms with Crippen molar-refractivity contribution in [1.82, 2.24) is 16.0 Å². The van der Waals surface area contributed by atoms with E-state index in [-0.39, 0.29) is 18.8 Å². The molecule has 0 saturated heterocycles. The Bertz CT molecular complexity index is 634. The summed E-state index contributed by atoms with van der Waals surface area (Å²) in [7, 11) is 0. The van der Waals surface area contributed by atoms with Gasteiger partial charge in [0.25, 0.3) is 0 Å². The van der Waals surface area contributed by atoms with E-state index in [1.165, 1.54) is 18.7 Å². The maximum Gasteiger partial charge on any atom is 0.326 e. The zero-order valence-electron chi connectivity index (χ0n) is 20.0. The number of thioether (sulfide) groups is 1. The van der Waals surface area contributed by atoms with Crippen LogP contribution in [0.3, 0.4) is 0 Å². The molecule has 33 heavy (non-hydrogen) atoms. The SMILES string of the molecule is CSCCC(NC(=O)C(NC(=O)C(CCCCN)NC(=O)C(N)CC(C)C)C(C)O)C(=O)O. The number of nitrogens with one attached hydrogen (secondary N) is 3. The number of rotatable bonds is 17. The highest BCUT2D eigenvalue weighted by molar-refractivity contribution is 7.98. The first-order valence-electron chi connectivity index (χ1n) is 11.2. The Morgan fingerprint density at radius 3 is 2.00 bits per heavy atom. The highest BCUT2D eigenvalue weighted by atomic mass is 32.2. The first-order chi connectivity index (χ1) is 15.4. The Hall–Kier alpha value is -1.89. The number of amides is 3.